The molecule has 2 N–H and O–H groups in total. The highest BCUT2D eigenvalue weighted by molar-refractivity contribution is 7.10. The summed E-state index contributed by atoms with van der Waals surface area (Å²) in [4.78, 5) is 27.6. The van der Waals surface area contributed by atoms with E-state index in [1.165, 1.54) is 11.3 Å². The fourth-order valence-electron chi connectivity index (χ4n) is 1.95. The Morgan fingerprint density at radius 3 is 2.50 bits per heavy atom. The van der Waals surface area contributed by atoms with Crippen molar-refractivity contribution in [1.29, 1.82) is 0 Å². The van der Waals surface area contributed by atoms with Crippen LogP contribution in [0, 0.1) is 0 Å². The monoisotopic (exact) mass is 343 g/mol. The van der Waals surface area contributed by atoms with Gasteiger partial charge in [-0.05, 0) is 43.8 Å². The minimum absolute atomic E-state index is 0.241. The molecule has 0 aliphatic carbocycles. The summed E-state index contributed by atoms with van der Waals surface area (Å²) in [6, 6.07) is 12.6. The third-order valence-electron chi connectivity index (χ3n) is 3.20. The number of carbonyl (C=O) groups is 2. The highest BCUT2D eigenvalue weighted by Crippen LogP contribution is 2.13. The normalized spacial score (nSPS) is 11.4. The molecule has 2 amide bonds. The number of amides is 2. The lowest BCUT2D eigenvalue weighted by atomic mass is 10.2. The average Bonchev–Trinajstić information content (AvgIpc) is 3.07. The number of rotatable bonds is 7. The molecule has 0 fully saturated rings. The summed E-state index contributed by atoms with van der Waals surface area (Å²) < 4.78 is 0. The number of thiophene rings is 1. The topological polar surface area (TPSA) is 61.4 Å². The van der Waals surface area contributed by atoms with Gasteiger partial charge in [0.1, 0.15) is 5.70 Å². The first-order chi connectivity index (χ1) is 11.6. The van der Waals surface area contributed by atoms with Crippen LogP contribution in [0.25, 0.3) is 6.08 Å². The van der Waals surface area contributed by atoms with Crippen LogP contribution in [-0.2, 0) is 4.79 Å². The summed E-state index contributed by atoms with van der Waals surface area (Å²) in [6.45, 7) is 1.24. The minimum Gasteiger partial charge on any atom is -0.349 e. The van der Waals surface area contributed by atoms with E-state index in [9.17, 15) is 9.59 Å². The fourth-order valence-corrected chi connectivity index (χ4v) is 2.60. The summed E-state index contributed by atoms with van der Waals surface area (Å²) in [6.07, 6.45) is 1.69. The molecule has 1 heterocycles. The summed E-state index contributed by atoms with van der Waals surface area (Å²) in [5.74, 6) is -0.601. The third-order valence-corrected chi connectivity index (χ3v) is 4.02. The van der Waals surface area contributed by atoms with Crippen molar-refractivity contribution in [2.75, 3.05) is 27.2 Å². The first kappa shape index (κ1) is 17.9. The Labute approximate surface area is 146 Å². The second-order valence-corrected chi connectivity index (χ2v) is 6.43. The maximum absolute atomic E-state index is 12.4. The largest absolute Gasteiger partial charge is 0.349 e. The molecule has 0 bridgehead atoms. The zero-order chi connectivity index (χ0) is 17.4. The van der Waals surface area contributed by atoms with E-state index in [-0.39, 0.29) is 17.5 Å². The molecule has 6 heteroatoms. The van der Waals surface area contributed by atoms with Crippen molar-refractivity contribution in [2.45, 2.75) is 0 Å². The highest BCUT2D eigenvalue weighted by atomic mass is 32.1. The van der Waals surface area contributed by atoms with Gasteiger partial charge in [-0.1, -0.05) is 24.3 Å². The van der Waals surface area contributed by atoms with Gasteiger partial charge in [-0.3, -0.25) is 9.59 Å². The van der Waals surface area contributed by atoms with Gasteiger partial charge in [-0.25, -0.2) is 0 Å². The van der Waals surface area contributed by atoms with Crippen LogP contribution >= 0.6 is 11.3 Å². The maximum atomic E-state index is 12.4. The Kier molecular flexibility index (Phi) is 6.72. The van der Waals surface area contributed by atoms with Crippen molar-refractivity contribution >= 4 is 29.2 Å². The van der Waals surface area contributed by atoms with Crippen molar-refractivity contribution in [3.8, 4) is 0 Å². The maximum Gasteiger partial charge on any atom is 0.267 e. The molecule has 0 saturated heterocycles. The van der Waals surface area contributed by atoms with Crippen LogP contribution in [0.3, 0.4) is 0 Å². The van der Waals surface area contributed by atoms with Crippen molar-refractivity contribution in [2.24, 2.45) is 0 Å². The van der Waals surface area contributed by atoms with Crippen LogP contribution in [0.5, 0.6) is 0 Å². The Bertz CT molecular complexity index is 694. The van der Waals surface area contributed by atoms with Gasteiger partial charge >= 0.3 is 0 Å². The number of hydrogen-bond acceptors (Lipinski definition) is 4. The van der Waals surface area contributed by atoms with E-state index in [2.05, 4.69) is 10.6 Å². The van der Waals surface area contributed by atoms with Gasteiger partial charge in [0.25, 0.3) is 11.8 Å². The molecular formula is C18H21N3O2S. The fraction of sp³-hybridized carbons (Fsp3) is 0.222. The predicted molar refractivity (Wildman–Crippen MR) is 97.8 cm³/mol. The molecule has 2 aromatic rings. The quantitative estimate of drug-likeness (QED) is 0.758. The van der Waals surface area contributed by atoms with Gasteiger partial charge in [-0.15, -0.1) is 11.3 Å². The standard InChI is InChI=1S/C18H21N3O2S/c1-21(2)11-10-19-18(23)16(13-15-9-6-12-24-15)20-17(22)14-7-4-3-5-8-14/h3-9,12-13H,10-11H2,1-2H3,(H,19,23)(H,20,22)/b16-13-. The number of nitrogens with one attached hydrogen (secondary N) is 2. The number of benzene rings is 1. The molecule has 0 spiro atoms. The van der Waals surface area contributed by atoms with E-state index in [1.807, 2.05) is 42.6 Å². The van der Waals surface area contributed by atoms with Gasteiger partial charge in [0.2, 0.25) is 0 Å². The minimum atomic E-state index is -0.304. The van der Waals surface area contributed by atoms with Gasteiger partial charge in [0.15, 0.2) is 0 Å². The lowest BCUT2D eigenvalue weighted by Gasteiger charge is -2.13. The predicted octanol–water partition coefficient (Wildman–Crippen LogP) is 2.20. The molecule has 0 aliphatic rings. The van der Waals surface area contributed by atoms with Crippen LogP contribution in [0.4, 0.5) is 0 Å². The Hall–Kier alpha value is -2.44. The van der Waals surface area contributed by atoms with Crippen LogP contribution in [-0.4, -0.2) is 43.9 Å². The SMILES string of the molecule is CN(C)CCNC(=O)/C(=C/c1cccs1)NC(=O)c1ccccc1. The lowest BCUT2D eigenvalue weighted by Crippen LogP contribution is -2.37. The third kappa shape index (κ3) is 5.64. The first-order valence-electron chi connectivity index (χ1n) is 7.61. The van der Waals surface area contributed by atoms with Gasteiger partial charge in [-0.2, -0.15) is 0 Å². The first-order valence-corrected chi connectivity index (χ1v) is 8.49. The average molecular weight is 343 g/mol. The molecule has 24 heavy (non-hydrogen) atoms. The molecule has 0 aliphatic heterocycles. The van der Waals surface area contributed by atoms with E-state index in [0.717, 1.165) is 11.4 Å². The Balaban J connectivity index is 2.11. The zero-order valence-corrected chi connectivity index (χ0v) is 14.6. The molecule has 0 unspecified atom stereocenters. The van der Waals surface area contributed by atoms with Crippen LogP contribution in [0.1, 0.15) is 15.2 Å². The summed E-state index contributed by atoms with van der Waals surface area (Å²) in [5, 5.41) is 7.46. The number of carbonyl (C=O) groups excluding carboxylic acids is 2. The number of hydrogen-bond donors (Lipinski definition) is 2. The molecule has 5 nitrogen and oxygen atoms in total. The smallest absolute Gasteiger partial charge is 0.267 e. The molecule has 126 valence electrons. The zero-order valence-electron chi connectivity index (χ0n) is 13.8. The summed E-state index contributed by atoms with van der Waals surface area (Å²) in [7, 11) is 3.87. The van der Waals surface area contributed by atoms with Crippen LogP contribution in [0.15, 0.2) is 53.5 Å². The molecule has 1 aromatic heterocycles. The lowest BCUT2D eigenvalue weighted by molar-refractivity contribution is -0.117. The van der Waals surface area contributed by atoms with Crippen molar-refractivity contribution in [3.63, 3.8) is 0 Å². The molecule has 2 rings (SSSR count). The summed E-state index contributed by atoms with van der Waals surface area (Å²) >= 11 is 1.50. The van der Waals surface area contributed by atoms with Crippen molar-refractivity contribution in [3.05, 3.63) is 64.0 Å². The van der Waals surface area contributed by atoms with E-state index < -0.39 is 0 Å². The van der Waals surface area contributed by atoms with E-state index in [0.29, 0.717) is 12.1 Å². The Morgan fingerprint density at radius 2 is 1.88 bits per heavy atom. The molecule has 1 aromatic carbocycles. The molecule has 0 radical (unpaired) electrons. The summed E-state index contributed by atoms with van der Waals surface area (Å²) in [5.41, 5.74) is 0.751. The van der Waals surface area contributed by atoms with Crippen LogP contribution in [0.2, 0.25) is 0 Å². The van der Waals surface area contributed by atoms with E-state index >= 15 is 0 Å². The second kappa shape index (κ2) is 9.00. The molecule has 0 atom stereocenters. The molecule has 0 saturated carbocycles. The Morgan fingerprint density at radius 1 is 1.12 bits per heavy atom. The number of likely N-dealkylation sites (N-methyl/N-ethyl adjacent to an activating group) is 1. The van der Waals surface area contributed by atoms with Crippen molar-refractivity contribution < 1.29 is 9.59 Å². The van der Waals surface area contributed by atoms with Gasteiger partial charge < -0.3 is 15.5 Å². The second-order valence-electron chi connectivity index (χ2n) is 5.45. The van der Waals surface area contributed by atoms with E-state index in [4.69, 9.17) is 0 Å². The van der Waals surface area contributed by atoms with Gasteiger partial charge in [0, 0.05) is 23.5 Å². The molecular weight excluding hydrogens is 322 g/mol. The highest BCUT2D eigenvalue weighted by Gasteiger charge is 2.14. The van der Waals surface area contributed by atoms with Crippen molar-refractivity contribution in [1.82, 2.24) is 15.5 Å². The number of nitrogens with zero attached hydrogens (tertiary/aromatic N) is 1. The van der Waals surface area contributed by atoms with E-state index in [1.54, 1.807) is 30.3 Å². The van der Waals surface area contributed by atoms with Crippen LogP contribution < -0.4 is 10.6 Å². The van der Waals surface area contributed by atoms with Gasteiger partial charge in [0.05, 0.1) is 0 Å².